The van der Waals surface area contributed by atoms with Gasteiger partial charge in [-0.05, 0) is 24.6 Å². The molecule has 1 N–H and O–H groups in total. The Hall–Kier alpha value is -3.07. The molecule has 0 saturated carbocycles. The van der Waals surface area contributed by atoms with Crippen LogP contribution >= 0.6 is 11.8 Å². The molecule has 138 valence electrons. The number of nitro groups is 1. The smallest absolute Gasteiger partial charge is 0.272 e. The highest BCUT2D eigenvalue weighted by Gasteiger charge is 2.18. The molecular weight excluding hydrogens is 368 g/mol. The van der Waals surface area contributed by atoms with E-state index in [4.69, 9.17) is 9.47 Å². The van der Waals surface area contributed by atoms with Gasteiger partial charge in [0, 0.05) is 22.9 Å². The fraction of sp³-hybridized carbons (Fsp3) is 0.222. The second-order valence-electron chi connectivity index (χ2n) is 6.03. The number of nitro benzene ring substituents is 1. The first-order valence-electron chi connectivity index (χ1n) is 8.24. The number of hydrogen-bond acceptors (Lipinski definition) is 7. The van der Waals surface area contributed by atoms with E-state index in [0.717, 1.165) is 28.3 Å². The zero-order valence-electron chi connectivity index (χ0n) is 14.5. The number of aliphatic imine (C=N–C) groups is 1. The number of amidine groups is 1. The highest BCUT2D eigenvalue weighted by Crippen LogP contribution is 2.32. The maximum atomic E-state index is 11.1. The molecule has 9 heteroatoms. The normalized spacial score (nSPS) is 16.8. The van der Waals surface area contributed by atoms with Crippen LogP contribution in [-0.4, -0.2) is 28.3 Å². The average Bonchev–Trinajstić information content (AvgIpc) is 3.15. The average molecular weight is 384 g/mol. The first-order chi connectivity index (χ1) is 13.1. The maximum absolute atomic E-state index is 11.1. The minimum Gasteiger partial charge on any atom is -0.454 e. The summed E-state index contributed by atoms with van der Waals surface area (Å²) >= 11 is 1.51. The molecule has 4 rings (SSSR count). The topological polar surface area (TPSA) is 98.4 Å². The molecule has 2 aliphatic rings. The molecule has 0 saturated heterocycles. The number of ether oxygens (including phenoxy) is 2. The molecule has 0 bridgehead atoms. The quantitative estimate of drug-likeness (QED) is 0.642. The number of thioether (sulfide) groups is 1. The van der Waals surface area contributed by atoms with Crippen molar-refractivity contribution >= 4 is 28.3 Å². The van der Waals surface area contributed by atoms with E-state index >= 15 is 0 Å². The summed E-state index contributed by atoms with van der Waals surface area (Å²) in [4.78, 5) is 15.3. The second kappa shape index (κ2) is 7.28. The fourth-order valence-electron chi connectivity index (χ4n) is 2.73. The Kier molecular flexibility index (Phi) is 4.68. The summed E-state index contributed by atoms with van der Waals surface area (Å²) in [5.41, 5.74) is 6.16. The van der Waals surface area contributed by atoms with Crippen LogP contribution in [0, 0.1) is 17.0 Å². The molecule has 2 aromatic carbocycles. The lowest BCUT2D eigenvalue weighted by molar-refractivity contribution is -0.385. The lowest BCUT2D eigenvalue weighted by atomic mass is 10.1. The largest absolute Gasteiger partial charge is 0.454 e. The van der Waals surface area contributed by atoms with Crippen molar-refractivity contribution in [2.24, 2.45) is 10.1 Å². The monoisotopic (exact) mass is 384 g/mol. The number of nitrogens with one attached hydrogen (secondary N) is 1. The van der Waals surface area contributed by atoms with E-state index in [0.29, 0.717) is 23.0 Å². The summed E-state index contributed by atoms with van der Waals surface area (Å²) in [7, 11) is 0. The molecule has 0 aromatic heterocycles. The zero-order chi connectivity index (χ0) is 18.8. The molecule has 8 nitrogen and oxygen atoms in total. The van der Waals surface area contributed by atoms with Crippen LogP contribution in [0.3, 0.4) is 0 Å². The van der Waals surface area contributed by atoms with Gasteiger partial charge in [0.1, 0.15) is 0 Å². The van der Waals surface area contributed by atoms with E-state index in [1.54, 1.807) is 19.1 Å². The molecular formula is C18H16N4O4S. The van der Waals surface area contributed by atoms with Crippen molar-refractivity contribution in [1.82, 2.24) is 5.43 Å². The number of fused-ring (bicyclic) bond motifs is 1. The van der Waals surface area contributed by atoms with Crippen LogP contribution in [0.1, 0.15) is 16.7 Å². The minimum atomic E-state index is -0.374. The summed E-state index contributed by atoms with van der Waals surface area (Å²) in [6.07, 6.45) is 0. The van der Waals surface area contributed by atoms with Gasteiger partial charge in [0.15, 0.2) is 16.7 Å². The van der Waals surface area contributed by atoms with Crippen molar-refractivity contribution < 1.29 is 14.4 Å². The van der Waals surface area contributed by atoms with Crippen LogP contribution in [0.2, 0.25) is 0 Å². The number of nitrogens with zero attached hydrogens (tertiary/aromatic N) is 3. The van der Waals surface area contributed by atoms with E-state index in [2.05, 4.69) is 15.5 Å². The molecule has 0 fully saturated rings. The third kappa shape index (κ3) is 3.72. The Balaban J connectivity index is 1.44. The van der Waals surface area contributed by atoms with Gasteiger partial charge >= 0.3 is 0 Å². The van der Waals surface area contributed by atoms with Crippen LogP contribution in [-0.2, 0) is 6.54 Å². The molecule has 0 aliphatic carbocycles. The van der Waals surface area contributed by atoms with Gasteiger partial charge in [0.05, 0.1) is 17.2 Å². The van der Waals surface area contributed by atoms with Crippen LogP contribution < -0.4 is 14.9 Å². The lowest BCUT2D eigenvalue weighted by Crippen LogP contribution is -2.25. The summed E-state index contributed by atoms with van der Waals surface area (Å²) in [6.45, 7) is 2.46. The van der Waals surface area contributed by atoms with Crippen LogP contribution in [0.4, 0.5) is 5.69 Å². The Morgan fingerprint density at radius 3 is 2.89 bits per heavy atom. The molecule has 0 radical (unpaired) electrons. The van der Waals surface area contributed by atoms with E-state index in [1.165, 1.54) is 11.8 Å². The fourth-order valence-corrected chi connectivity index (χ4v) is 3.50. The van der Waals surface area contributed by atoms with Gasteiger partial charge in [-0.15, -0.1) is 0 Å². The highest BCUT2D eigenvalue weighted by atomic mass is 32.2. The summed E-state index contributed by atoms with van der Waals surface area (Å²) in [6, 6.07) is 10.9. The van der Waals surface area contributed by atoms with Crippen LogP contribution in [0.25, 0.3) is 0 Å². The Morgan fingerprint density at radius 1 is 1.26 bits per heavy atom. The first-order valence-corrected chi connectivity index (χ1v) is 9.22. The van der Waals surface area contributed by atoms with E-state index in [1.807, 2.05) is 24.3 Å². The number of hydrazone groups is 1. The second-order valence-corrected chi connectivity index (χ2v) is 6.99. The van der Waals surface area contributed by atoms with Crippen molar-refractivity contribution in [3.05, 3.63) is 63.2 Å². The number of hydrogen-bond donors (Lipinski definition) is 1. The van der Waals surface area contributed by atoms with Crippen LogP contribution in [0.15, 0.2) is 46.5 Å². The summed E-state index contributed by atoms with van der Waals surface area (Å²) < 4.78 is 10.7. The molecule has 2 heterocycles. The molecule has 2 aromatic rings. The van der Waals surface area contributed by atoms with Crippen molar-refractivity contribution in [1.29, 1.82) is 0 Å². The van der Waals surface area contributed by atoms with Gasteiger partial charge in [-0.2, -0.15) is 5.10 Å². The Bertz CT molecular complexity index is 974. The van der Waals surface area contributed by atoms with Gasteiger partial charge in [0.2, 0.25) is 6.79 Å². The maximum Gasteiger partial charge on any atom is 0.272 e. The molecule has 2 aliphatic heterocycles. The predicted molar refractivity (Wildman–Crippen MR) is 104 cm³/mol. The molecule has 0 atom stereocenters. The van der Waals surface area contributed by atoms with E-state index in [9.17, 15) is 10.1 Å². The van der Waals surface area contributed by atoms with E-state index in [-0.39, 0.29) is 17.4 Å². The molecule has 0 spiro atoms. The van der Waals surface area contributed by atoms with Crippen LogP contribution in [0.5, 0.6) is 11.5 Å². The minimum absolute atomic E-state index is 0.0995. The van der Waals surface area contributed by atoms with Crippen molar-refractivity contribution in [2.75, 3.05) is 12.5 Å². The van der Waals surface area contributed by atoms with Crippen molar-refractivity contribution in [2.45, 2.75) is 13.5 Å². The summed E-state index contributed by atoms with van der Waals surface area (Å²) in [5, 5.41) is 16.1. The molecule has 0 amide bonds. The number of rotatable bonds is 4. The predicted octanol–water partition coefficient (Wildman–Crippen LogP) is 3.23. The number of aryl methyl sites for hydroxylation is 1. The lowest BCUT2D eigenvalue weighted by Gasteiger charge is -2.15. The third-order valence-electron chi connectivity index (χ3n) is 4.21. The van der Waals surface area contributed by atoms with Gasteiger partial charge in [0.25, 0.3) is 5.69 Å². The summed E-state index contributed by atoms with van der Waals surface area (Å²) in [5.74, 6) is 2.07. The Morgan fingerprint density at radius 2 is 2.11 bits per heavy atom. The molecule has 27 heavy (non-hydrogen) atoms. The number of benzene rings is 2. The van der Waals surface area contributed by atoms with E-state index < -0.39 is 0 Å². The first kappa shape index (κ1) is 17.3. The zero-order valence-corrected chi connectivity index (χ0v) is 15.3. The van der Waals surface area contributed by atoms with Gasteiger partial charge in [-0.25, -0.2) is 0 Å². The molecule has 0 unspecified atom stereocenters. The van der Waals surface area contributed by atoms with Gasteiger partial charge < -0.3 is 9.47 Å². The highest BCUT2D eigenvalue weighted by molar-refractivity contribution is 8.14. The third-order valence-corrected chi connectivity index (χ3v) is 5.12. The van der Waals surface area contributed by atoms with Crippen molar-refractivity contribution in [3.63, 3.8) is 0 Å². The van der Waals surface area contributed by atoms with Gasteiger partial charge in [-0.1, -0.05) is 30.0 Å². The standard InChI is InChI=1S/C18H16N4O4S/c1-11-2-4-13(7-15(11)22(23)24)14-9-27-18(21-20-14)19-8-12-3-5-16-17(6-12)26-10-25-16/h2-7H,8-10H2,1H3,(H,19,21). The van der Waals surface area contributed by atoms with Crippen molar-refractivity contribution in [3.8, 4) is 11.5 Å². The Labute approximate surface area is 159 Å². The SMILES string of the molecule is Cc1ccc(C2=NNC(=NCc3ccc4c(c3)OCO4)SC2)cc1[N+](=O)[O-]. The van der Waals surface area contributed by atoms with Gasteiger partial charge in [-0.3, -0.25) is 20.5 Å².